The predicted octanol–water partition coefficient (Wildman–Crippen LogP) is 1.76. The van der Waals surface area contributed by atoms with Gasteiger partial charge in [0.05, 0.1) is 0 Å². The second-order valence-electron chi connectivity index (χ2n) is 6.33. The van der Waals surface area contributed by atoms with Crippen LogP contribution in [0.1, 0.15) is 30.6 Å². The average molecular weight is 351 g/mol. The molecule has 1 aliphatic rings. The molecule has 0 radical (unpaired) electrons. The summed E-state index contributed by atoms with van der Waals surface area (Å²) in [5, 5.41) is 8.40. The van der Waals surface area contributed by atoms with Gasteiger partial charge in [-0.2, -0.15) is 0 Å². The number of nitrogens with one attached hydrogen (secondary N) is 3. The standard InChI is InChI=1S/C18H23F2N3O2/c1-11(2)16(18(25)22-10-12-6-8-21-9-7-12)23-17(24)15-13(19)4-3-5-14(15)20/h3-6,11,16,21H,7-10H2,1-2H3,(H,22,25)(H,23,24). The summed E-state index contributed by atoms with van der Waals surface area (Å²) < 4.78 is 27.5. The Hall–Kier alpha value is -2.28. The molecular formula is C18H23F2N3O2. The third-order valence-corrected chi connectivity index (χ3v) is 4.07. The number of hydrogen-bond donors (Lipinski definition) is 3. The van der Waals surface area contributed by atoms with Crippen molar-refractivity contribution in [2.24, 2.45) is 5.92 Å². The third-order valence-electron chi connectivity index (χ3n) is 4.07. The van der Waals surface area contributed by atoms with Crippen LogP contribution in [-0.4, -0.2) is 37.5 Å². The molecule has 0 aromatic heterocycles. The molecule has 1 unspecified atom stereocenters. The van der Waals surface area contributed by atoms with Crippen LogP contribution in [0.4, 0.5) is 8.78 Å². The van der Waals surface area contributed by atoms with E-state index in [2.05, 4.69) is 16.0 Å². The van der Waals surface area contributed by atoms with Gasteiger partial charge in [0.1, 0.15) is 23.2 Å². The molecule has 5 nitrogen and oxygen atoms in total. The van der Waals surface area contributed by atoms with Gasteiger partial charge in [-0.25, -0.2) is 8.78 Å². The maximum atomic E-state index is 13.7. The van der Waals surface area contributed by atoms with Gasteiger partial charge in [0.2, 0.25) is 5.91 Å². The van der Waals surface area contributed by atoms with E-state index >= 15 is 0 Å². The van der Waals surface area contributed by atoms with E-state index in [0.717, 1.165) is 37.2 Å². The minimum absolute atomic E-state index is 0.235. The number of halogens is 2. The van der Waals surface area contributed by atoms with Crippen molar-refractivity contribution in [3.8, 4) is 0 Å². The largest absolute Gasteiger partial charge is 0.351 e. The Kier molecular flexibility index (Phi) is 6.64. The van der Waals surface area contributed by atoms with Gasteiger partial charge in [-0.05, 0) is 31.0 Å². The molecule has 7 heteroatoms. The maximum Gasteiger partial charge on any atom is 0.257 e. The zero-order valence-corrected chi connectivity index (χ0v) is 14.4. The van der Waals surface area contributed by atoms with E-state index in [0.29, 0.717) is 6.54 Å². The molecule has 3 N–H and O–H groups in total. The van der Waals surface area contributed by atoms with Crippen molar-refractivity contribution in [2.45, 2.75) is 26.3 Å². The third kappa shape index (κ3) is 5.09. The van der Waals surface area contributed by atoms with E-state index in [1.807, 2.05) is 6.08 Å². The van der Waals surface area contributed by atoms with Crippen LogP contribution in [0.25, 0.3) is 0 Å². The van der Waals surface area contributed by atoms with E-state index in [1.54, 1.807) is 13.8 Å². The Morgan fingerprint density at radius 1 is 1.24 bits per heavy atom. The van der Waals surface area contributed by atoms with Crippen molar-refractivity contribution >= 4 is 11.8 Å². The number of amides is 2. The summed E-state index contributed by atoms with van der Waals surface area (Å²) in [5.41, 5.74) is 0.433. The lowest BCUT2D eigenvalue weighted by molar-refractivity contribution is -0.123. The SMILES string of the molecule is CC(C)C(NC(=O)c1c(F)cccc1F)C(=O)NCC1=CCNCC1. The number of rotatable bonds is 6. The topological polar surface area (TPSA) is 70.2 Å². The van der Waals surface area contributed by atoms with E-state index < -0.39 is 29.1 Å². The lowest BCUT2D eigenvalue weighted by atomic mass is 10.0. The Bertz CT molecular complexity index is 654. The Balaban J connectivity index is 2.03. The molecule has 1 atom stereocenters. The fourth-order valence-corrected chi connectivity index (χ4v) is 2.60. The van der Waals surface area contributed by atoms with Gasteiger partial charge in [-0.15, -0.1) is 0 Å². The van der Waals surface area contributed by atoms with Crippen LogP contribution in [0, 0.1) is 17.6 Å². The second kappa shape index (κ2) is 8.71. The minimum Gasteiger partial charge on any atom is -0.351 e. The van der Waals surface area contributed by atoms with Crippen molar-refractivity contribution in [2.75, 3.05) is 19.6 Å². The highest BCUT2D eigenvalue weighted by atomic mass is 19.1. The van der Waals surface area contributed by atoms with Crippen LogP contribution in [0.2, 0.25) is 0 Å². The van der Waals surface area contributed by atoms with E-state index in [-0.39, 0.29) is 11.8 Å². The molecular weight excluding hydrogens is 328 g/mol. The van der Waals surface area contributed by atoms with Gasteiger partial charge in [0, 0.05) is 13.1 Å². The zero-order valence-electron chi connectivity index (χ0n) is 14.4. The first-order valence-corrected chi connectivity index (χ1v) is 8.31. The van der Waals surface area contributed by atoms with Crippen molar-refractivity contribution in [1.29, 1.82) is 0 Å². The van der Waals surface area contributed by atoms with Crippen molar-refractivity contribution in [3.05, 3.63) is 47.0 Å². The van der Waals surface area contributed by atoms with Crippen LogP contribution in [0.5, 0.6) is 0 Å². The number of hydrogen-bond acceptors (Lipinski definition) is 3. The van der Waals surface area contributed by atoms with Crippen molar-refractivity contribution < 1.29 is 18.4 Å². The smallest absolute Gasteiger partial charge is 0.257 e. The summed E-state index contributed by atoms with van der Waals surface area (Å²) in [6, 6.07) is 2.31. The molecule has 1 aromatic rings. The number of carbonyl (C=O) groups is 2. The quantitative estimate of drug-likeness (QED) is 0.684. The van der Waals surface area contributed by atoms with Gasteiger partial charge < -0.3 is 16.0 Å². The maximum absolute atomic E-state index is 13.7. The van der Waals surface area contributed by atoms with E-state index in [4.69, 9.17) is 0 Å². The fraction of sp³-hybridized carbons (Fsp3) is 0.444. The first kappa shape index (κ1) is 19.1. The van der Waals surface area contributed by atoms with Crippen molar-refractivity contribution in [1.82, 2.24) is 16.0 Å². The first-order valence-electron chi connectivity index (χ1n) is 8.31. The molecule has 0 aliphatic carbocycles. The molecule has 2 rings (SSSR count). The minimum atomic E-state index is -0.958. The molecule has 1 heterocycles. The van der Waals surface area contributed by atoms with Crippen LogP contribution in [-0.2, 0) is 4.79 Å². The van der Waals surface area contributed by atoms with Gasteiger partial charge in [0.25, 0.3) is 5.91 Å². The highest BCUT2D eigenvalue weighted by Gasteiger charge is 2.27. The fourth-order valence-electron chi connectivity index (χ4n) is 2.60. The molecule has 1 aliphatic heterocycles. The summed E-state index contributed by atoms with van der Waals surface area (Å²) in [4.78, 5) is 24.6. The van der Waals surface area contributed by atoms with Gasteiger partial charge in [0.15, 0.2) is 0 Å². The van der Waals surface area contributed by atoms with Crippen LogP contribution in [0.3, 0.4) is 0 Å². The summed E-state index contributed by atoms with van der Waals surface area (Å²) in [6.45, 7) is 5.53. The molecule has 1 aromatic carbocycles. The first-order chi connectivity index (χ1) is 11.9. The molecule has 0 fully saturated rings. The average Bonchev–Trinajstić information content (AvgIpc) is 2.58. The lowest BCUT2D eigenvalue weighted by Gasteiger charge is -2.23. The lowest BCUT2D eigenvalue weighted by Crippen LogP contribution is -2.50. The Morgan fingerprint density at radius 2 is 1.92 bits per heavy atom. The second-order valence-corrected chi connectivity index (χ2v) is 6.33. The zero-order chi connectivity index (χ0) is 18.4. The highest BCUT2D eigenvalue weighted by Crippen LogP contribution is 2.13. The van der Waals surface area contributed by atoms with Gasteiger partial charge in [-0.1, -0.05) is 31.6 Å². The summed E-state index contributed by atoms with van der Waals surface area (Å²) in [5.74, 6) is -3.47. The van der Waals surface area contributed by atoms with Crippen LogP contribution < -0.4 is 16.0 Å². The molecule has 2 amide bonds. The van der Waals surface area contributed by atoms with Crippen LogP contribution >= 0.6 is 0 Å². The normalized spacial score (nSPS) is 15.5. The van der Waals surface area contributed by atoms with Gasteiger partial charge >= 0.3 is 0 Å². The molecule has 0 spiro atoms. The molecule has 0 saturated heterocycles. The summed E-state index contributed by atoms with van der Waals surface area (Å²) >= 11 is 0. The van der Waals surface area contributed by atoms with Crippen LogP contribution in [0.15, 0.2) is 29.8 Å². The molecule has 0 saturated carbocycles. The predicted molar refractivity (Wildman–Crippen MR) is 91.0 cm³/mol. The molecule has 0 bridgehead atoms. The summed E-state index contributed by atoms with van der Waals surface area (Å²) in [7, 11) is 0. The Labute approximate surface area is 145 Å². The summed E-state index contributed by atoms with van der Waals surface area (Å²) in [6.07, 6.45) is 2.86. The van der Waals surface area contributed by atoms with Crippen molar-refractivity contribution in [3.63, 3.8) is 0 Å². The Morgan fingerprint density at radius 3 is 2.48 bits per heavy atom. The number of benzene rings is 1. The van der Waals surface area contributed by atoms with E-state index in [9.17, 15) is 18.4 Å². The number of carbonyl (C=O) groups excluding carboxylic acids is 2. The monoisotopic (exact) mass is 351 g/mol. The molecule has 25 heavy (non-hydrogen) atoms. The van der Waals surface area contributed by atoms with E-state index in [1.165, 1.54) is 6.07 Å². The molecule has 136 valence electrons. The highest BCUT2D eigenvalue weighted by molar-refractivity contribution is 5.98. The van der Waals surface area contributed by atoms with Gasteiger partial charge in [-0.3, -0.25) is 9.59 Å².